The highest BCUT2D eigenvalue weighted by atomic mass is 35.5. The molecule has 0 radical (unpaired) electrons. The Bertz CT molecular complexity index is 466. The Kier molecular flexibility index (Phi) is 6.96. The number of rotatable bonds is 5. The largest absolute Gasteiger partial charge is 0.494 e. The summed E-state index contributed by atoms with van der Waals surface area (Å²) < 4.78 is 18.4. The van der Waals surface area contributed by atoms with Gasteiger partial charge in [-0.2, -0.15) is 0 Å². The van der Waals surface area contributed by atoms with Gasteiger partial charge in [0.15, 0.2) is 11.6 Å². The Hall–Kier alpha value is -1.33. The molecule has 0 heterocycles. The van der Waals surface area contributed by atoms with Crippen molar-refractivity contribution in [1.82, 2.24) is 4.90 Å². The average molecular weight is 305 g/mol. The van der Waals surface area contributed by atoms with Gasteiger partial charge in [-0.25, -0.2) is 4.39 Å². The zero-order valence-electron chi connectivity index (χ0n) is 12.3. The standard InChI is InChI=1S/C14H21FN2O2.ClH/c1-14(2,8-16)9-17(3)13(18)10-5-6-12(19-4)11(15)7-10;/h5-7H,8-9,16H2,1-4H3;1H. The summed E-state index contributed by atoms with van der Waals surface area (Å²) in [6, 6.07) is 4.19. The van der Waals surface area contributed by atoms with Crippen molar-refractivity contribution in [1.29, 1.82) is 0 Å². The Morgan fingerprint density at radius 2 is 2.05 bits per heavy atom. The van der Waals surface area contributed by atoms with Crippen LogP contribution in [0.2, 0.25) is 0 Å². The van der Waals surface area contributed by atoms with E-state index in [0.29, 0.717) is 18.7 Å². The number of carbonyl (C=O) groups excluding carboxylic acids is 1. The number of ether oxygens (including phenoxy) is 1. The number of nitrogens with zero attached hydrogens (tertiary/aromatic N) is 1. The summed E-state index contributed by atoms with van der Waals surface area (Å²) in [4.78, 5) is 13.7. The van der Waals surface area contributed by atoms with Crippen molar-refractivity contribution in [3.05, 3.63) is 29.6 Å². The van der Waals surface area contributed by atoms with E-state index >= 15 is 0 Å². The van der Waals surface area contributed by atoms with Crippen molar-refractivity contribution in [2.24, 2.45) is 11.1 Å². The van der Waals surface area contributed by atoms with Gasteiger partial charge in [-0.05, 0) is 30.2 Å². The molecule has 1 rings (SSSR count). The van der Waals surface area contributed by atoms with Gasteiger partial charge in [0.1, 0.15) is 0 Å². The normalized spacial score (nSPS) is 10.7. The molecule has 0 unspecified atom stereocenters. The van der Waals surface area contributed by atoms with Crippen LogP contribution in [0.15, 0.2) is 18.2 Å². The van der Waals surface area contributed by atoms with E-state index in [0.717, 1.165) is 0 Å². The number of nitrogens with two attached hydrogens (primary N) is 1. The molecule has 4 nitrogen and oxygen atoms in total. The Morgan fingerprint density at radius 1 is 1.45 bits per heavy atom. The van der Waals surface area contributed by atoms with Gasteiger partial charge in [-0.15, -0.1) is 12.4 Å². The lowest BCUT2D eigenvalue weighted by molar-refractivity contribution is 0.0740. The lowest BCUT2D eigenvalue weighted by Crippen LogP contribution is -2.39. The van der Waals surface area contributed by atoms with Gasteiger partial charge in [-0.3, -0.25) is 4.79 Å². The fraction of sp³-hybridized carbons (Fsp3) is 0.500. The molecule has 0 saturated heterocycles. The summed E-state index contributed by atoms with van der Waals surface area (Å²) >= 11 is 0. The molecule has 0 fully saturated rings. The maximum Gasteiger partial charge on any atom is 0.253 e. The van der Waals surface area contributed by atoms with Gasteiger partial charge in [0.25, 0.3) is 5.91 Å². The molecule has 1 aromatic carbocycles. The second-order valence-corrected chi connectivity index (χ2v) is 5.38. The van der Waals surface area contributed by atoms with Crippen molar-refractivity contribution in [3.8, 4) is 5.75 Å². The van der Waals surface area contributed by atoms with Crippen molar-refractivity contribution in [2.45, 2.75) is 13.8 Å². The smallest absolute Gasteiger partial charge is 0.253 e. The van der Waals surface area contributed by atoms with E-state index in [1.54, 1.807) is 18.0 Å². The van der Waals surface area contributed by atoms with Crippen LogP contribution in [0.4, 0.5) is 4.39 Å². The van der Waals surface area contributed by atoms with Crippen LogP contribution in [0.3, 0.4) is 0 Å². The lowest BCUT2D eigenvalue weighted by Gasteiger charge is -2.29. The van der Waals surface area contributed by atoms with Gasteiger partial charge in [-0.1, -0.05) is 13.8 Å². The number of halogens is 2. The molecule has 0 spiro atoms. The summed E-state index contributed by atoms with van der Waals surface area (Å²) in [6.45, 7) is 4.94. The lowest BCUT2D eigenvalue weighted by atomic mass is 9.93. The van der Waals surface area contributed by atoms with Crippen molar-refractivity contribution in [2.75, 3.05) is 27.2 Å². The van der Waals surface area contributed by atoms with Crippen molar-refractivity contribution >= 4 is 18.3 Å². The van der Waals surface area contributed by atoms with E-state index in [4.69, 9.17) is 10.5 Å². The molecule has 0 atom stereocenters. The number of carbonyl (C=O) groups is 1. The van der Waals surface area contributed by atoms with Gasteiger partial charge < -0.3 is 15.4 Å². The molecule has 20 heavy (non-hydrogen) atoms. The Labute approximate surface area is 125 Å². The number of benzene rings is 1. The van der Waals surface area contributed by atoms with E-state index in [2.05, 4.69) is 0 Å². The maximum atomic E-state index is 13.6. The first-order chi connectivity index (χ1) is 8.80. The second kappa shape index (κ2) is 7.45. The molecule has 0 saturated carbocycles. The van der Waals surface area contributed by atoms with E-state index in [-0.39, 0.29) is 29.5 Å². The number of hydrogen-bond donors (Lipinski definition) is 1. The third-order valence-electron chi connectivity index (χ3n) is 2.96. The van der Waals surface area contributed by atoms with E-state index < -0.39 is 5.82 Å². The Morgan fingerprint density at radius 3 is 2.50 bits per heavy atom. The van der Waals surface area contributed by atoms with Crippen LogP contribution in [-0.4, -0.2) is 38.1 Å². The van der Waals surface area contributed by atoms with E-state index in [1.807, 2.05) is 13.8 Å². The van der Waals surface area contributed by atoms with E-state index in [1.165, 1.54) is 19.2 Å². The van der Waals surface area contributed by atoms with Gasteiger partial charge >= 0.3 is 0 Å². The Balaban J connectivity index is 0.00000361. The summed E-state index contributed by atoms with van der Waals surface area (Å²) in [7, 11) is 3.07. The highest BCUT2D eigenvalue weighted by Crippen LogP contribution is 2.20. The number of amides is 1. The molecule has 114 valence electrons. The summed E-state index contributed by atoms with van der Waals surface area (Å²) in [6.07, 6.45) is 0. The van der Waals surface area contributed by atoms with Gasteiger partial charge in [0, 0.05) is 19.2 Å². The molecular weight excluding hydrogens is 283 g/mol. The summed E-state index contributed by atoms with van der Waals surface area (Å²) in [5.74, 6) is -0.649. The molecule has 0 aliphatic rings. The van der Waals surface area contributed by atoms with Crippen LogP contribution in [0, 0.1) is 11.2 Å². The second-order valence-electron chi connectivity index (χ2n) is 5.38. The van der Waals surface area contributed by atoms with Crippen LogP contribution in [0.1, 0.15) is 24.2 Å². The number of hydrogen-bond acceptors (Lipinski definition) is 3. The average Bonchev–Trinajstić information content (AvgIpc) is 2.37. The first-order valence-corrected chi connectivity index (χ1v) is 6.10. The molecule has 0 aliphatic heterocycles. The minimum atomic E-state index is -0.542. The third-order valence-corrected chi connectivity index (χ3v) is 2.96. The molecule has 0 aromatic heterocycles. The number of methoxy groups -OCH3 is 1. The monoisotopic (exact) mass is 304 g/mol. The van der Waals surface area contributed by atoms with Crippen LogP contribution in [0.25, 0.3) is 0 Å². The zero-order chi connectivity index (χ0) is 14.6. The van der Waals surface area contributed by atoms with Crippen LogP contribution in [-0.2, 0) is 0 Å². The highest BCUT2D eigenvalue weighted by molar-refractivity contribution is 5.94. The molecular formula is C14H22ClFN2O2. The van der Waals surface area contributed by atoms with Crippen LogP contribution >= 0.6 is 12.4 Å². The van der Waals surface area contributed by atoms with Crippen LogP contribution < -0.4 is 10.5 Å². The van der Waals surface area contributed by atoms with Crippen molar-refractivity contribution < 1.29 is 13.9 Å². The minimum absolute atomic E-state index is 0. The molecule has 2 N–H and O–H groups in total. The first kappa shape index (κ1) is 18.7. The predicted molar refractivity (Wildman–Crippen MR) is 80.0 cm³/mol. The SMILES string of the molecule is COc1ccc(C(=O)N(C)CC(C)(C)CN)cc1F.Cl. The molecule has 1 aromatic rings. The quantitative estimate of drug-likeness (QED) is 0.908. The minimum Gasteiger partial charge on any atom is -0.494 e. The maximum absolute atomic E-state index is 13.6. The summed E-state index contributed by atoms with van der Waals surface area (Å²) in [5.41, 5.74) is 5.77. The highest BCUT2D eigenvalue weighted by Gasteiger charge is 2.22. The fourth-order valence-electron chi connectivity index (χ4n) is 1.80. The summed E-state index contributed by atoms with van der Waals surface area (Å²) in [5, 5.41) is 0. The first-order valence-electron chi connectivity index (χ1n) is 6.10. The molecule has 0 aliphatic carbocycles. The fourth-order valence-corrected chi connectivity index (χ4v) is 1.80. The van der Waals surface area contributed by atoms with Crippen LogP contribution in [0.5, 0.6) is 5.75 Å². The molecule has 6 heteroatoms. The third kappa shape index (κ3) is 4.65. The predicted octanol–water partition coefficient (Wildman–Crippen LogP) is 2.31. The van der Waals surface area contributed by atoms with Gasteiger partial charge in [0.05, 0.1) is 7.11 Å². The topological polar surface area (TPSA) is 55.6 Å². The van der Waals surface area contributed by atoms with Gasteiger partial charge in [0.2, 0.25) is 0 Å². The molecule has 1 amide bonds. The van der Waals surface area contributed by atoms with E-state index in [9.17, 15) is 9.18 Å². The zero-order valence-corrected chi connectivity index (χ0v) is 13.1. The molecule has 0 bridgehead atoms. The van der Waals surface area contributed by atoms with Crippen molar-refractivity contribution in [3.63, 3.8) is 0 Å².